The van der Waals surface area contributed by atoms with Crippen molar-refractivity contribution in [2.45, 2.75) is 20.3 Å². The molecule has 0 atom stereocenters. The summed E-state index contributed by atoms with van der Waals surface area (Å²) in [6.07, 6.45) is 1.14. The number of hydrogen-bond acceptors (Lipinski definition) is 2. The average Bonchev–Trinajstić information content (AvgIpc) is 2.50. The van der Waals surface area contributed by atoms with Crippen LogP contribution in [0, 0.1) is 0 Å². The van der Waals surface area contributed by atoms with Crippen LogP contribution >= 0.6 is 0 Å². The summed E-state index contributed by atoms with van der Waals surface area (Å²) in [6, 6.07) is 19.4. The molecular formula is C17H20O2. The van der Waals surface area contributed by atoms with E-state index < -0.39 is 0 Å². The normalized spacial score (nSPS) is 9.16. The van der Waals surface area contributed by atoms with Crippen LogP contribution in [-0.2, 0) is 11.2 Å². The monoisotopic (exact) mass is 256 g/mol. The Kier molecular flexibility index (Phi) is 7.03. The minimum Gasteiger partial charge on any atom is -0.462 e. The Bertz CT molecular complexity index is 463. The number of hydrogen-bond donors (Lipinski definition) is 0. The highest BCUT2D eigenvalue weighted by atomic mass is 16.5. The van der Waals surface area contributed by atoms with E-state index in [9.17, 15) is 4.79 Å². The molecule has 2 aromatic carbocycles. The van der Waals surface area contributed by atoms with E-state index >= 15 is 0 Å². The molecule has 0 N–H and O–H groups in total. The summed E-state index contributed by atoms with van der Waals surface area (Å²) in [4.78, 5) is 11.0. The van der Waals surface area contributed by atoms with E-state index in [1.165, 1.54) is 5.56 Å². The first-order chi connectivity index (χ1) is 9.27. The average molecular weight is 256 g/mol. The van der Waals surface area contributed by atoms with Gasteiger partial charge in [-0.15, -0.1) is 0 Å². The molecule has 0 fully saturated rings. The van der Waals surface area contributed by atoms with Gasteiger partial charge in [-0.2, -0.15) is 0 Å². The fraction of sp³-hybridized carbons (Fsp3) is 0.235. The molecule has 0 aliphatic heterocycles. The first-order valence-corrected chi connectivity index (χ1v) is 6.54. The molecule has 0 heterocycles. The minimum atomic E-state index is -0.256. The van der Waals surface area contributed by atoms with Gasteiger partial charge in [-0.1, -0.05) is 55.5 Å². The predicted molar refractivity (Wildman–Crippen MR) is 78.2 cm³/mol. The zero-order valence-electron chi connectivity index (χ0n) is 11.5. The lowest BCUT2D eigenvalue weighted by Gasteiger charge is -1.99. The van der Waals surface area contributed by atoms with Gasteiger partial charge in [0.15, 0.2) is 0 Å². The molecular weight excluding hydrogens is 236 g/mol. The van der Waals surface area contributed by atoms with Gasteiger partial charge < -0.3 is 4.74 Å². The molecule has 2 aromatic rings. The molecule has 0 amide bonds. The first-order valence-electron chi connectivity index (χ1n) is 6.54. The maximum absolute atomic E-state index is 11.0. The standard InChI is InChI=1S/C9H10O2.C8H10/c1-2-11-9(10)8-6-4-3-5-7-8;1-2-8-6-4-3-5-7-8/h3-7H,2H2,1H3;3-7H,2H2,1H3. The van der Waals surface area contributed by atoms with E-state index in [0.29, 0.717) is 12.2 Å². The zero-order chi connectivity index (χ0) is 13.9. The molecule has 0 aromatic heterocycles. The molecule has 19 heavy (non-hydrogen) atoms. The van der Waals surface area contributed by atoms with Gasteiger partial charge in [0.2, 0.25) is 0 Å². The summed E-state index contributed by atoms with van der Waals surface area (Å²) in [5.41, 5.74) is 2.02. The van der Waals surface area contributed by atoms with E-state index in [-0.39, 0.29) is 5.97 Å². The summed E-state index contributed by atoms with van der Waals surface area (Å²) >= 11 is 0. The Morgan fingerprint density at radius 3 is 1.84 bits per heavy atom. The quantitative estimate of drug-likeness (QED) is 0.772. The van der Waals surface area contributed by atoms with Gasteiger partial charge in [-0.05, 0) is 31.0 Å². The van der Waals surface area contributed by atoms with Gasteiger partial charge in [0.05, 0.1) is 12.2 Å². The van der Waals surface area contributed by atoms with Crippen LogP contribution in [-0.4, -0.2) is 12.6 Å². The second-order valence-corrected chi connectivity index (χ2v) is 3.93. The summed E-state index contributed by atoms with van der Waals surface area (Å²) < 4.78 is 4.79. The number of carbonyl (C=O) groups is 1. The van der Waals surface area contributed by atoms with Crippen LogP contribution < -0.4 is 0 Å². The molecule has 2 rings (SSSR count). The van der Waals surface area contributed by atoms with Gasteiger partial charge in [0, 0.05) is 0 Å². The van der Waals surface area contributed by atoms with Crippen molar-refractivity contribution in [3.63, 3.8) is 0 Å². The van der Waals surface area contributed by atoms with Gasteiger partial charge in [-0.25, -0.2) is 4.79 Å². The summed E-state index contributed by atoms with van der Waals surface area (Å²) in [5, 5.41) is 0. The van der Waals surface area contributed by atoms with Crippen molar-refractivity contribution in [1.82, 2.24) is 0 Å². The molecule has 0 saturated heterocycles. The Morgan fingerprint density at radius 2 is 1.42 bits per heavy atom. The van der Waals surface area contributed by atoms with Crippen molar-refractivity contribution in [2.24, 2.45) is 0 Å². The summed E-state index contributed by atoms with van der Waals surface area (Å²) in [5.74, 6) is -0.256. The second-order valence-electron chi connectivity index (χ2n) is 3.93. The largest absolute Gasteiger partial charge is 0.462 e. The first kappa shape index (κ1) is 15.0. The Balaban J connectivity index is 0.000000200. The zero-order valence-corrected chi connectivity index (χ0v) is 11.5. The number of rotatable bonds is 3. The van der Waals surface area contributed by atoms with Gasteiger partial charge in [-0.3, -0.25) is 0 Å². The highest BCUT2D eigenvalue weighted by Gasteiger charge is 2.02. The molecule has 0 radical (unpaired) electrons. The SMILES string of the molecule is CCOC(=O)c1ccccc1.CCc1ccccc1. The van der Waals surface area contributed by atoms with Crippen LogP contribution in [0.1, 0.15) is 29.8 Å². The van der Waals surface area contributed by atoms with E-state index in [1.54, 1.807) is 19.1 Å². The molecule has 2 nitrogen and oxygen atoms in total. The van der Waals surface area contributed by atoms with Crippen LogP contribution in [0.5, 0.6) is 0 Å². The lowest BCUT2D eigenvalue weighted by Crippen LogP contribution is -2.03. The summed E-state index contributed by atoms with van der Waals surface area (Å²) in [6.45, 7) is 4.38. The van der Waals surface area contributed by atoms with Crippen LogP contribution in [0.15, 0.2) is 60.7 Å². The fourth-order valence-corrected chi connectivity index (χ4v) is 1.50. The van der Waals surface area contributed by atoms with Gasteiger partial charge in [0.25, 0.3) is 0 Å². The van der Waals surface area contributed by atoms with Crippen LogP contribution in [0.25, 0.3) is 0 Å². The third-order valence-electron chi connectivity index (χ3n) is 2.54. The maximum atomic E-state index is 11.0. The summed E-state index contributed by atoms with van der Waals surface area (Å²) in [7, 11) is 0. The number of benzene rings is 2. The molecule has 0 unspecified atom stereocenters. The number of ether oxygens (including phenoxy) is 1. The second kappa shape index (κ2) is 8.92. The van der Waals surface area contributed by atoms with E-state index in [1.807, 2.05) is 24.3 Å². The van der Waals surface area contributed by atoms with Crippen LogP contribution in [0.2, 0.25) is 0 Å². The van der Waals surface area contributed by atoms with Crippen molar-refractivity contribution >= 4 is 5.97 Å². The number of carbonyl (C=O) groups excluding carboxylic acids is 1. The predicted octanol–water partition coefficient (Wildman–Crippen LogP) is 4.11. The van der Waals surface area contributed by atoms with E-state index in [2.05, 4.69) is 31.2 Å². The molecule has 0 bridgehead atoms. The minimum absolute atomic E-state index is 0.256. The topological polar surface area (TPSA) is 26.3 Å². The van der Waals surface area contributed by atoms with E-state index in [4.69, 9.17) is 4.74 Å². The lowest BCUT2D eigenvalue weighted by molar-refractivity contribution is 0.0526. The van der Waals surface area contributed by atoms with E-state index in [0.717, 1.165) is 6.42 Å². The Morgan fingerprint density at radius 1 is 0.895 bits per heavy atom. The highest BCUT2D eigenvalue weighted by Crippen LogP contribution is 2.00. The maximum Gasteiger partial charge on any atom is 0.338 e. The van der Waals surface area contributed by atoms with Crippen molar-refractivity contribution in [1.29, 1.82) is 0 Å². The van der Waals surface area contributed by atoms with Gasteiger partial charge >= 0.3 is 5.97 Å². The molecule has 0 saturated carbocycles. The van der Waals surface area contributed by atoms with Gasteiger partial charge in [0.1, 0.15) is 0 Å². The smallest absolute Gasteiger partial charge is 0.338 e. The Hall–Kier alpha value is -2.09. The molecule has 100 valence electrons. The van der Waals surface area contributed by atoms with Crippen molar-refractivity contribution in [3.8, 4) is 0 Å². The lowest BCUT2D eigenvalue weighted by atomic mass is 10.2. The third kappa shape index (κ3) is 5.87. The Labute approximate surface area is 115 Å². The molecule has 0 spiro atoms. The third-order valence-corrected chi connectivity index (χ3v) is 2.54. The number of esters is 1. The van der Waals surface area contributed by atoms with Crippen LogP contribution in [0.4, 0.5) is 0 Å². The van der Waals surface area contributed by atoms with Crippen molar-refractivity contribution < 1.29 is 9.53 Å². The molecule has 0 aliphatic carbocycles. The van der Waals surface area contributed by atoms with Crippen molar-refractivity contribution in [2.75, 3.05) is 6.61 Å². The molecule has 2 heteroatoms. The van der Waals surface area contributed by atoms with Crippen LogP contribution in [0.3, 0.4) is 0 Å². The fourth-order valence-electron chi connectivity index (χ4n) is 1.50. The molecule has 0 aliphatic rings. The number of aryl methyl sites for hydroxylation is 1. The highest BCUT2D eigenvalue weighted by molar-refractivity contribution is 5.89. The van der Waals surface area contributed by atoms with Crippen molar-refractivity contribution in [3.05, 3.63) is 71.8 Å².